The second kappa shape index (κ2) is 5.73. The summed E-state index contributed by atoms with van der Waals surface area (Å²) in [7, 11) is 1.85. The van der Waals surface area contributed by atoms with Crippen molar-refractivity contribution in [2.45, 2.75) is 11.8 Å². The number of rotatable bonds is 4. The van der Waals surface area contributed by atoms with E-state index in [0.717, 1.165) is 22.9 Å². The molecule has 0 saturated carbocycles. The van der Waals surface area contributed by atoms with Crippen LogP contribution in [0.3, 0.4) is 0 Å². The Balaban J connectivity index is 2.22. The maximum absolute atomic E-state index is 4.26. The summed E-state index contributed by atoms with van der Waals surface area (Å²) in [6, 6.07) is 8.27. The van der Waals surface area contributed by atoms with Gasteiger partial charge in [0.05, 0.1) is 0 Å². The molecule has 1 aromatic heterocycles. The standard InChI is InChI=1S/C13H16N4S/c1-9-12(14-2)15-8-16-13(9)17-10-4-6-11(18-3)7-5-10/h4-8H,1-3H3,(H2,14,15,16,17). The van der Waals surface area contributed by atoms with E-state index in [1.165, 1.54) is 4.90 Å². The zero-order valence-electron chi connectivity index (χ0n) is 10.7. The molecule has 4 nitrogen and oxygen atoms in total. The minimum Gasteiger partial charge on any atom is -0.373 e. The van der Waals surface area contributed by atoms with E-state index in [4.69, 9.17) is 0 Å². The summed E-state index contributed by atoms with van der Waals surface area (Å²) in [6.07, 6.45) is 3.62. The number of benzene rings is 1. The molecule has 2 N–H and O–H groups in total. The van der Waals surface area contributed by atoms with Crippen molar-refractivity contribution in [1.82, 2.24) is 9.97 Å². The smallest absolute Gasteiger partial charge is 0.138 e. The highest BCUT2D eigenvalue weighted by Gasteiger charge is 2.05. The summed E-state index contributed by atoms with van der Waals surface area (Å²) in [5.74, 6) is 1.67. The number of nitrogens with zero attached hydrogens (tertiary/aromatic N) is 2. The summed E-state index contributed by atoms with van der Waals surface area (Å²) in [5.41, 5.74) is 2.03. The van der Waals surface area contributed by atoms with Crippen molar-refractivity contribution >= 4 is 29.1 Å². The number of hydrogen-bond donors (Lipinski definition) is 2. The molecule has 0 aliphatic heterocycles. The Bertz CT molecular complexity index is 525. The average Bonchev–Trinajstić information content (AvgIpc) is 2.42. The second-order valence-corrected chi connectivity index (χ2v) is 4.68. The first-order chi connectivity index (χ1) is 8.74. The van der Waals surface area contributed by atoms with Crippen LogP contribution in [-0.4, -0.2) is 23.3 Å². The lowest BCUT2D eigenvalue weighted by molar-refractivity contribution is 1.12. The number of hydrogen-bond acceptors (Lipinski definition) is 5. The van der Waals surface area contributed by atoms with Crippen LogP contribution >= 0.6 is 11.8 Å². The molecular formula is C13H16N4S. The van der Waals surface area contributed by atoms with Crippen LogP contribution in [0, 0.1) is 6.92 Å². The Labute approximate surface area is 111 Å². The van der Waals surface area contributed by atoms with Crippen molar-refractivity contribution in [3.63, 3.8) is 0 Å². The molecule has 1 heterocycles. The van der Waals surface area contributed by atoms with Crippen LogP contribution < -0.4 is 10.6 Å². The van der Waals surface area contributed by atoms with E-state index >= 15 is 0 Å². The van der Waals surface area contributed by atoms with Gasteiger partial charge in [0.1, 0.15) is 18.0 Å². The first-order valence-electron chi connectivity index (χ1n) is 5.65. The zero-order chi connectivity index (χ0) is 13.0. The van der Waals surface area contributed by atoms with E-state index in [2.05, 4.69) is 39.0 Å². The monoisotopic (exact) mass is 260 g/mol. The number of aromatic nitrogens is 2. The van der Waals surface area contributed by atoms with Gasteiger partial charge in [0.25, 0.3) is 0 Å². The SMILES string of the molecule is CNc1ncnc(Nc2ccc(SC)cc2)c1C. The maximum atomic E-state index is 4.26. The second-order valence-electron chi connectivity index (χ2n) is 3.80. The molecule has 0 aliphatic carbocycles. The molecule has 94 valence electrons. The van der Waals surface area contributed by atoms with Crippen molar-refractivity contribution in [1.29, 1.82) is 0 Å². The van der Waals surface area contributed by atoms with Gasteiger partial charge in [-0.2, -0.15) is 0 Å². The van der Waals surface area contributed by atoms with Gasteiger partial charge >= 0.3 is 0 Å². The average molecular weight is 260 g/mol. The Morgan fingerprint density at radius 3 is 2.33 bits per heavy atom. The van der Waals surface area contributed by atoms with Crippen LogP contribution in [0.4, 0.5) is 17.3 Å². The first-order valence-corrected chi connectivity index (χ1v) is 6.87. The lowest BCUT2D eigenvalue weighted by Gasteiger charge is -2.11. The molecule has 1 aromatic carbocycles. The molecule has 0 bridgehead atoms. The molecule has 0 radical (unpaired) electrons. The minimum atomic E-state index is 0.825. The van der Waals surface area contributed by atoms with Gasteiger partial charge in [0.15, 0.2) is 0 Å². The van der Waals surface area contributed by atoms with Gasteiger partial charge in [-0.15, -0.1) is 11.8 Å². The highest BCUT2D eigenvalue weighted by atomic mass is 32.2. The van der Waals surface area contributed by atoms with Crippen molar-refractivity contribution in [2.75, 3.05) is 23.9 Å². The number of nitrogens with one attached hydrogen (secondary N) is 2. The Morgan fingerprint density at radius 1 is 1.06 bits per heavy atom. The van der Waals surface area contributed by atoms with E-state index in [1.54, 1.807) is 18.1 Å². The van der Waals surface area contributed by atoms with E-state index < -0.39 is 0 Å². The van der Waals surface area contributed by atoms with Gasteiger partial charge in [0.2, 0.25) is 0 Å². The van der Waals surface area contributed by atoms with E-state index in [-0.39, 0.29) is 0 Å². The third-order valence-corrected chi connectivity index (χ3v) is 3.42. The van der Waals surface area contributed by atoms with Crippen LogP contribution in [0.2, 0.25) is 0 Å². The first kappa shape index (κ1) is 12.7. The summed E-state index contributed by atoms with van der Waals surface area (Å²) in [6.45, 7) is 1.99. The zero-order valence-corrected chi connectivity index (χ0v) is 11.5. The Morgan fingerprint density at radius 2 is 1.72 bits per heavy atom. The quantitative estimate of drug-likeness (QED) is 0.826. The fraction of sp³-hybridized carbons (Fsp3) is 0.231. The Kier molecular flexibility index (Phi) is 4.04. The van der Waals surface area contributed by atoms with Crippen LogP contribution in [0.5, 0.6) is 0 Å². The summed E-state index contributed by atoms with van der Waals surface area (Å²) in [4.78, 5) is 9.66. The van der Waals surface area contributed by atoms with Crippen molar-refractivity contribution in [2.24, 2.45) is 0 Å². The normalized spacial score (nSPS) is 10.2. The van der Waals surface area contributed by atoms with Gasteiger partial charge in [-0.25, -0.2) is 9.97 Å². The van der Waals surface area contributed by atoms with Gasteiger partial charge in [-0.1, -0.05) is 0 Å². The van der Waals surface area contributed by atoms with Crippen molar-refractivity contribution < 1.29 is 0 Å². The largest absolute Gasteiger partial charge is 0.373 e. The highest BCUT2D eigenvalue weighted by molar-refractivity contribution is 7.98. The molecule has 2 rings (SSSR count). The predicted octanol–water partition coefficient (Wildman–Crippen LogP) is 3.29. The maximum Gasteiger partial charge on any atom is 0.138 e. The summed E-state index contributed by atoms with van der Waals surface area (Å²) < 4.78 is 0. The lowest BCUT2D eigenvalue weighted by Crippen LogP contribution is -2.02. The number of thioether (sulfide) groups is 1. The molecule has 0 fully saturated rings. The molecule has 0 amide bonds. The summed E-state index contributed by atoms with van der Waals surface area (Å²) in [5, 5.41) is 6.34. The molecule has 0 saturated heterocycles. The van der Waals surface area contributed by atoms with Crippen LogP contribution in [-0.2, 0) is 0 Å². The molecule has 2 aromatic rings. The van der Waals surface area contributed by atoms with E-state index in [1.807, 2.05) is 26.1 Å². The molecular weight excluding hydrogens is 244 g/mol. The van der Waals surface area contributed by atoms with Crippen LogP contribution in [0.1, 0.15) is 5.56 Å². The van der Waals surface area contributed by atoms with Gasteiger partial charge in [-0.05, 0) is 37.4 Å². The van der Waals surface area contributed by atoms with Crippen molar-refractivity contribution in [3.05, 3.63) is 36.2 Å². The van der Waals surface area contributed by atoms with Crippen LogP contribution in [0.15, 0.2) is 35.5 Å². The van der Waals surface area contributed by atoms with E-state index in [0.29, 0.717) is 0 Å². The van der Waals surface area contributed by atoms with Gasteiger partial charge in [-0.3, -0.25) is 0 Å². The molecule has 5 heteroatoms. The Hall–Kier alpha value is -1.75. The molecule has 0 aliphatic rings. The van der Waals surface area contributed by atoms with E-state index in [9.17, 15) is 0 Å². The van der Waals surface area contributed by atoms with Crippen molar-refractivity contribution in [3.8, 4) is 0 Å². The van der Waals surface area contributed by atoms with Crippen LogP contribution in [0.25, 0.3) is 0 Å². The fourth-order valence-electron chi connectivity index (χ4n) is 1.64. The predicted molar refractivity (Wildman–Crippen MR) is 77.8 cm³/mol. The fourth-order valence-corrected chi connectivity index (χ4v) is 2.05. The number of anilines is 3. The van der Waals surface area contributed by atoms with Gasteiger partial charge in [0, 0.05) is 23.2 Å². The van der Waals surface area contributed by atoms with Gasteiger partial charge < -0.3 is 10.6 Å². The molecule has 0 atom stereocenters. The molecule has 18 heavy (non-hydrogen) atoms. The topological polar surface area (TPSA) is 49.8 Å². The third kappa shape index (κ3) is 2.73. The third-order valence-electron chi connectivity index (χ3n) is 2.67. The molecule has 0 unspecified atom stereocenters. The molecule has 0 spiro atoms. The highest BCUT2D eigenvalue weighted by Crippen LogP contribution is 2.23. The minimum absolute atomic E-state index is 0.825. The summed E-state index contributed by atoms with van der Waals surface area (Å²) >= 11 is 1.73. The lowest BCUT2D eigenvalue weighted by atomic mass is 10.2.